The topological polar surface area (TPSA) is 0 Å². The lowest BCUT2D eigenvalue weighted by molar-refractivity contribution is -0.867. The predicted molar refractivity (Wildman–Crippen MR) is 128 cm³/mol. The van der Waals surface area contributed by atoms with Gasteiger partial charge in [0, 0.05) is 5.75 Å². The molecular formula is C23H48NSSi+. The number of quaternary nitrogens is 1. The van der Waals surface area contributed by atoms with E-state index in [0.717, 1.165) is 10.2 Å². The number of hydrogen-bond acceptors (Lipinski definition) is 1. The molecule has 0 saturated carbocycles. The van der Waals surface area contributed by atoms with Crippen LogP contribution in [-0.4, -0.2) is 46.0 Å². The van der Waals surface area contributed by atoms with Crippen molar-refractivity contribution >= 4 is 19.8 Å². The Hall–Kier alpha value is 0.00688. The van der Waals surface area contributed by atoms with E-state index in [-0.39, 0.29) is 0 Å². The van der Waals surface area contributed by atoms with Crippen molar-refractivity contribution in [1.82, 2.24) is 0 Å². The maximum atomic E-state index is 4.44. The maximum Gasteiger partial charge on any atom is 0.0875 e. The van der Waals surface area contributed by atoms with Gasteiger partial charge in [0.15, 0.2) is 0 Å². The molecule has 154 valence electrons. The molecule has 0 unspecified atom stereocenters. The molecular weight excluding hydrogens is 350 g/mol. The Balaban J connectivity index is 3.84. The van der Waals surface area contributed by atoms with Gasteiger partial charge in [-0.3, -0.25) is 0 Å². The van der Waals surface area contributed by atoms with Crippen molar-refractivity contribution in [3.63, 3.8) is 0 Å². The molecule has 0 aliphatic rings. The quantitative estimate of drug-likeness (QED) is 0.105. The predicted octanol–water partition coefficient (Wildman–Crippen LogP) is 7.66. The second-order valence-corrected chi connectivity index (χ2v) is 15.6. The standard InChI is InChI=1S/C23H48NSSi/c1-9-10-11-12-13-14-15-16-17-18-21-26(7,8)23(3)22(2)25-20-19-24(4,5)6/h2-3,9-21H2,1,4-8H3/q+1. The fourth-order valence-corrected chi connectivity index (χ4v) is 7.41. The molecule has 0 aromatic heterocycles. The van der Waals surface area contributed by atoms with Crippen molar-refractivity contribution < 1.29 is 4.48 Å². The van der Waals surface area contributed by atoms with Gasteiger partial charge in [-0.15, -0.1) is 11.8 Å². The second kappa shape index (κ2) is 14.1. The number of thioether (sulfide) groups is 1. The molecule has 3 heteroatoms. The SMILES string of the molecule is C=C(SCC[N+](C)(C)C)C(=C)[Si](C)(C)CCCCCCCCCCCC. The van der Waals surface area contributed by atoms with E-state index in [0.29, 0.717) is 0 Å². The molecule has 0 radical (unpaired) electrons. The average molecular weight is 399 g/mol. The molecule has 0 heterocycles. The summed E-state index contributed by atoms with van der Waals surface area (Å²) in [6.45, 7) is 17.2. The molecule has 1 nitrogen and oxygen atoms in total. The maximum absolute atomic E-state index is 4.44. The first-order valence-electron chi connectivity index (χ1n) is 10.9. The molecule has 26 heavy (non-hydrogen) atoms. The van der Waals surface area contributed by atoms with E-state index < -0.39 is 8.07 Å². The van der Waals surface area contributed by atoms with Crippen LogP contribution in [0.25, 0.3) is 0 Å². The number of allylic oxidation sites excluding steroid dienone is 1. The van der Waals surface area contributed by atoms with E-state index in [1.807, 2.05) is 11.8 Å². The molecule has 0 saturated heterocycles. The first-order chi connectivity index (χ1) is 12.1. The highest BCUT2D eigenvalue weighted by Crippen LogP contribution is 2.32. The highest BCUT2D eigenvalue weighted by molar-refractivity contribution is 8.03. The molecule has 0 rings (SSSR count). The highest BCUT2D eigenvalue weighted by atomic mass is 32.2. The average Bonchev–Trinajstić information content (AvgIpc) is 2.54. The zero-order valence-corrected chi connectivity index (χ0v) is 20.8. The van der Waals surface area contributed by atoms with Crippen LogP contribution in [0.2, 0.25) is 19.1 Å². The summed E-state index contributed by atoms with van der Waals surface area (Å²) in [6.07, 6.45) is 14.2. The van der Waals surface area contributed by atoms with Crippen molar-refractivity contribution in [2.24, 2.45) is 0 Å². The normalized spacial score (nSPS) is 12.4. The fourth-order valence-electron chi connectivity index (χ4n) is 3.11. The molecule has 0 atom stereocenters. The van der Waals surface area contributed by atoms with E-state index in [1.165, 1.54) is 86.9 Å². The minimum Gasteiger partial charge on any atom is -0.330 e. The second-order valence-electron chi connectivity index (χ2n) is 9.58. The Labute approximate surface area is 171 Å². The Kier molecular flexibility index (Phi) is 14.1. The Morgan fingerprint density at radius 3 is 1.73 bits per heavy atom. The summed E-state index contributed by atoms with van der Waals surface area (Å²) in [7, 11) is 5.38. The Morgan fingerprint density at radius 1 is 0.808 bits per heavy atom. The Bertz CT molecular complexity index is 396. The lowest BCUT2D eigenvalue weighted by atomic mass is 10.1. The van der Waals surface area contributed by atoms with E-state index >= 15 is 0 Å². The first-order valence-corrected chi connectivity index (χ1v) is 15.1. The van der Waals surface area contributed by atoms with Gasteiger partial charge in [-0.25, -0.2) is 0 Å². The van der Waals surface area contributed by atoms with Crippen LogP contribution in [0.5, 0.6) is 0 Å². The molecule has 0 bridgehead atoms. The summed E-state index contributed by atoms with van der Waals surface area (Å²) < 4.78 is 1.02. The molecule has 0 aliphatic carbocycles. The van der Waals surface area contributed by atoms with Crippen LogP contribution in [0.4, 0.5) is 0 Å². The van der Waals surface area contributed by atoms with E-state index in [4.69, 9.17) is 0 Å². The first kappa shape index (κ1) is 26.0. The van der Waals surface area contributed by atoms with E-state index in [2.05, 4.69) is 54.3 Å². The van der Waals surface area contributed by atoms with Crippen LogP contribution in [0.3, 0.4) is 0 Å². The van der Waals surface area contributed by atoms with Crippen LogP contribution in [0, 0.1) is 0 Å². The molecule has 0 aromatic rings. The number of hydrogen-bond donors (Lipinski definition) is 0. The molecule has 0 fully saturated rings. The largest absolute Gasteiger partial charge is 0.330 e. The summed E-state index contributed by atoms with van der Waals surface area (Å²) in [6, 6.07) is 1.37. The zero-order chi connectivity index (χ0) is 20.1. The van der Waals surface area contributed by atoms with Crippen molar-refractivity contribution in [3.05, 3.63) is 23.3 Å². The Morgan fingerprint density at radius 2 is 1.27 bits per heavy atom. The molecule has 0 aromatic carbocycles. The van der Waals surface area contributed by atoms with E-state index in [1.54, 1.807) is 0 Å². The fraction of sp³-hybridized carbons (Fsp3) is 0.826. The number of nitrogens with zero attached hydrogens (tertiary/aromatic N) is 1. The van der Waals surface area contributed by atoms with Crippen LogP contribution in [0.15, 0.2) is 23.3 Å². The highest BCUT2D eigenvalue weighted by Gasteiger charge is 2.26. The third kappa shape index (κ3) is 14.1. The number of unbranched alkanes of at least 4 members (excludes halogenated alkanes) is 9. The van der Waals surface area contributed by atoms with Crippen molar-refractivity contribution in [1.29, 1.82) is 0 Å². The third-order valence-electron chi connectivity index (χ3n) is 5.35. The van der Waals surface area contributed by atoms with Gasteiger partial charge >= 0.3 is 0 Å². The van der Waals surface area contributed by atoms with Crippen molar-refractivity contribution in [2.75, 3.05) is 33.4 Å². The number of rotatable bonds is 17. The smallest absolute Gasteiger partial charge is 0.0875 e. The molecule has 0 aliphatic heterocycles. The van der Waals surface area contributed by atoms with E-state index in [9.17, 15) is 0 Å². The van der Waals surface area contributed by atoms with Crippen LogP contribution in [0.1, 0.15) is 71.1 Å². The van der Waals surface area contributed by atoms with Gasteiger partial charge in [-0.2, -0.15) is 0 Å². The zero-order valence-electron chi connectivity index (χ0n) is 19.0. The minimum atomic E-state index is -1.38. The summed E-state index contributed by atoms with van der Waals surface area (Å²) in [5, 5.41) is 1.39. The van der Waals surface area contributed by atoms with Crippen molar-refractivity contribution in [2.45, 2.75) is 90.3 Å². The summed E-state index contributed by atoms with van der Waals surface area (Å²) in [4.78, 5) is 1.25. The van der Waals surface area contributed by atoms with Crippen molar-refractivity contribution in [3.8, 4) is 0 Å². The summed E-state index contributed by atoms with van der Waals surface area (Å²) in [5.41, 5.74) is 0. The van der Waals surface area contributed by atoms with Gasteiger partial charge in [0.1, 0.15) is 0 Å². The van der Waals surface area contributed by atoms with Gasteiger partial charge in [0.05, 0.1) is 35.8 Å². The molecule has 0 amide bonds. The third-order valence-corrected chi connectivity index (χ3v) is 10.0. The van der Waals surface area contributed by atoms with Gasteiger partial charge in [-0.05, 0) is 4.91 Å². The van der Waals surface area contributed by atoms with Gasteiger partial charge < -0.3 is 4.48 Å². The molecule has 0 N–H and O–H groups in total. The van der Waals surface area contributed by atoms with Crippen LogP contribution >= 0.6 is 11.8 Å². The summed E-state index contributed by atoms with van der Waals surface area (Å²) >= 11 is 1.92. The van der Waals surface area contributed by atoms with Gasteiger partial charge in [0.25, 0.3) is 0 Å². The van der Waals surface area contributed by atoms with Crippen LogP contribution < -0.4 is 0 Å². The van der Waals surface area contributed by atoms with Gasteiger partial charge in [0.2, 0.25) is 0 Å². The minimum absolute atomic E-state index is 1.02. The lowest BCUT2D eigenvalue weighted by Crippen LogP contribution is -2.36. The summed E-state index contributed by atoms with van der Waals surface area (Å²) in [5.74, 6) is 1.14. The van der Waals surface area contributed by atoms with Crippen LogP contribution in [-0.2, 0) is 0 Å². The lowest BCUT2D eigenvalue weighted by Gasteiger charge is -2.27. The monoisotopic (exact) mass is 398 g/mol. The molecule has 0 spiro atoms. The van der Waals surface area contributed by atoms with Gasteiger partial charge in [-0.1, -0.05) is 109 Å².